The first-order valence-electron chi connectivity index (χ1n) is 9.83. The van der Waals surface area contributed by atoms with Crippen molar-refractivity contribution in [3.05, 3.63) is 41.2 Å². The average Bonchev–Trinajstić information content (AvgIpc) is 3.31. The summed E-state index contributed by atoms with van der Waals surface area (Å²) in [5.41, 5.74) is 0.672. The summed E-state index contributed by atoms with van der Waals surface area (Å²) < 4.78 is -0.0634. The third kappa shape index (κ3) is 4.26. The van der Waals surface area contributed by atoms with E-state index in [1.165, 1.54) is 0 Å². The molecule has 30 heavy (non-hydrogen) atoms. The monoisotopic (exact) mass is 505 g/mol. The maximum Gasteiger partial charge on any atom is 0.316 e. The number of amides is 4. The van der Waals surface area contributed by atoms with Gasteiger partial charge in [-0.05, 0) is 26.3 Å². The SMILES string of the molecule is CC1N2C(=O)C(NC(=O)C(NC(=O)N3CC[N-]C3)c3ccccc3)C2SC1(C)C.[Y]. The van der Waals surface area contributed by atoms with Gasteiger partial charge in [-0.25, -0.2) is 4.79 Å². The Morgan fingerprint density at radius 2 is 1.97 bits per heavy atom. The molecule has 3 fully saturated rings. The van der Waals surface area contributed by atoms with Crippen molar-refractivity contribution in [1.29, 1.82) is 0 Å². The summed E-state index contributed by atoms with van der Waals surface area (Å²) in [6.45, 7) is 7.74. The van der Waals surface area contributed by atoms with Gasteiger partial charge in [0.15, 0.2) is 0 Å². The molecule has 3 aliphatic rings. The van der Waals surface area contributed by atoms with Crippen LogP contribution in [0.2, 0.25) is 0 Å². The van der Waals surface area contributed by atoms with Crippen LogP contribution in [-0.4, -0.2) is 69.6 Å². The predicted molar refractivity (Wildman–Crippen MR) is 111 cm³/mol. The van der Waals surface area contributed by atoms with Crippen molar-refractivity contribution in [2.75, 3.05) is 19.8 Å². The van der Waals surface area contributed by atoms with E-state index in [1.807, 2.05) is 30.0 Å². The fourth-order valence-corrected chi connectivity index (χ4v) is 5.57. The third-order valence-electron chi connectivity index (χ3n) is 5.97. The van der Waals surface area contributed by atoms with Crippen molar-refractivity contribution in [3.63, 3.8) is 0 Å². The largest absolute Gasteiger partial charge is 0.644 e. The second-order valence-corrected chi connectivity index (χ2v) is 9.94. The van der Waals surface area contributed by atoms with Gasteiger partial charge in [-0.2, -0.15) is 0 Å². The number of thioether (sulfide) groups is 1. The second-order valence-electron chi connectivity index (χ2n) is 8.16. The van der Waals surface area contributed by atoms with Crippen LogP contribution < -0.4 is 10.6 Å². The van der Waals surface area contributed by atoms with Crippen LogP contribution in [0.1, 0.15) is 32.4 Å². The van der Waals surface area contributed by atoms with Crippen molar-refractivity contribution in [1.82, 2.24) is 20.4 Å². The number of rotatable bonds is 4. The average molecular weight is 505 g/mol. The van der Waals surface area contributed by atoms with Crippen LogP contribution >= 0.6 is 11.8 Å². The molecule has 3 aliphatic heterocycles. The number of carbonyl (C=O) groups excluding carboxylic acids is 3. The van der Waals surface area contributed by atoms with Crippen molar-refractivity contribution >= 4 is 29.6 Å². The van der Waals surface area contributed by atoms with Gasteiger partial charge >= 0.3 is 6.03 Å². The van der Waals surface area contributed by atoms with Crippen molar-refractivity contribution in [3.8, 4) is 0 Å². The first-order valence-corrected chi connectivity index (χ1v) is 10.7. The summed E-state index contributed by atoms with van der Waals surface area (Å²) in [6, 6.07) is 7.42. The number of benzene rings is 1. The van der Waals surface area contributed by atoms with Crippen LogP contribution in [0.4, 0.5) is 4.79 Å². The van der Waals surface area contributed by atoms with E-state index in [9.17, 15) is 14.4 Å². The minimum atomic E-state index is -0.872. The summed E-state index contributed by atoms with van der Waals surface area (Å²) in [7, 11) is 0. The molecule has 3 heterocycles. The van der Waals surface area contributed by atoms with Crippen LogP contribution in [0.25, 0.3) is 5.32 Å². The molecular formula is C20H26N5O3SY-. The minimum Gasteiger partial charge on any atom is -0.644 e. The number of nitrogens with zero attached hydrogens (tertiary/aromatic N) is 3. The van der Waals surface area contributed by atoms with Gasteiger partial charge in [0.1, 0.15) is 17.5 Å². The first kappa shape index (κ1) is 23.5. The van der Waals surface area contributed by atoms with E-state index in [1.54, 1.807) is 28.8 Å². The molecule has 1 aromatic rings. The quantitative estimate of drug-likeness (QED) is 0.609. The molecule has 4 atom stereocenters. The standard InChI is InChI=1S/C20H26N5O3S.Y/c1-12-20(2,3)29-18-15(17(27)25(12)18)22-16(26)14(13-7-5-4-6-8-13)23-19(28)24-10-9-21-11-24;/h4-8,12,14-15,18H,9-11H2,1-3H3,(H,22,26)(H,23,28);/q-1;. The number of nitrogens with one attached hydrogen (secondary N) is 2. The molecule has 2 N–H and O–H groups in total. The number of hydrogen-bond donors (Lipinski definition) is 2. The van der Waals surface area contributed by atoms with Crippen LogP contribution in [0.3, 0.4) is 0 Å². The van der Waals surface area contributed by atoms with Gasteiger partial charge in [-0.1, -0.05) is 37.0 Å². The Balaban J connectivity index is 0.00000256. The third-order valence-corrected chi connectivity index (χ3v) is 7.66. The fraction of sp³-hybridized carbons (Fsp3) is 0.550. The van der Waals surface area contributed by atoms with E-state index in [4.69, 9.17) is 0 Å². The Hall–Kier alpha value is -1.16. The maximum atomic E-state index is 13.1. The van der Waals surface area contributed by atoms with Gasteiger partial charge in [0.25, 0.3) is 0 Å². The Kier molecular flexibility index (Phi) is 7.16. The van der Waals surface area contributed by atoms with E-state index in [0.717, 1.165) is 0 Å². The summed E-state index contributed by atoms with van der Waals surface area (Å²) in [5, 5.41) is 9.79. The second kappa shape index (κ2) is 9.14. The number of carbonyl (C=O) groups is 3. The fourth-order valence-electron chi connectivity index (χ4n) is 3.92. The summed E-state index contributed by atoms with van der Waals surface area (Å²) >= 11 is 1.70. The minimum absolute atomic E-state index is 0. The van der Waals surface area contributed by atoms with Crippen molar-refractivity contribution in [2.45, 2.75) is 49.0 Å². The van der Waals surface area contributed by atoms with Crippen LogP contribution in [0.15, 0.2) is 30.3 Å². The number of fused-ring (bicyclic) bond motifs is 1. The molecule has 0 bridgehead atoms. The summed E-state index contributed by atoms with van der Waals surface area (Å²) in [5.74, 6) is -0.443. The Morgan fingerprint density at radius 1 is 1.27 bits per heavy atom. The molecule has 159 valence electrons. The van der Waals surface area contributed by atoms with Crippen molar-refractivity contribution in [2.24, 2.45) is 0 Å². The molecule has 0 spiro atoms. The molecule has 1 radical (unpaired) electrons. The zero-order chi connectivity index (χ0) is 20.8. The normalized spacial score (nSPS) is 27.6. The van der Waals surface area contributed by atoms with Gasteiger partial charge < -0.3 is 25.8 Å². The molecule has 0 aliphatic carbocycles. The number of β-lactam (4-membered cyclic amide) rings is 1. The number of urea groups is 1. The molecule has 8 nitrogen and oxygen atoms in total. The molecule has 4 unspecified atom stereocenters. The Labute approximate surface area is 206 Å². The van der Waals surface area contributed by atoms with E-state index < -0.39 is 12.1 Å². The van der Waals surface area contributed by atoms with Gasteiger partial charge in [0.2, 0.25) is 11.8 Å². The van der Waals surface area contributed by atoms with Gasteiger partial charge in [-0.3, -0.25) is 9.59 Å². The van der Waals surface area contributed by atoms with Gasteiger partial charge in [-0.15, -0.1) is 18.3 Å². The molecule has 0 saturated carbocycles. The zero-order valence-electron chi connectivity index (χ0n) is 17.4. The summed E-state index contributed by atoms with van der Waals surface area (Å²) in [6.07, 6.45) is 0. The van der Waals surface area contributed by atoms with Crippen LogP contribution in [0.5, 0.6) is 0 Å². The zero-order valence-corrected chi connectivity index (χ0v) is 21.0. The number of hydrogen-bond acceptors (Lipinski definition) is 4. The van der Waals surface area contributed by atoms with E-state index in [-0.39, 0.29) is 66.7 Å². The van der Waals surface area contributed by atoms with Gasteiger partial charge in [0, 0.05) is 50.0 Å². The maximum absolute atomic E-state index is 13.1. The topological polar surface area (TPSA) is 95.8 Å². The molecule has 0 aromatic heterocycles. The molecular weight excluding hydrogens is 479 g/mol. The summed E-state index contributed by atoms with van der Waals surface area (Å²) in [4.78, 5) is 41.8. The molecule has 4 rings (SSSR count). The molecule has 3 saturated heterocycles. The molecule has 1 aromatic carbocycles. The van der Waals surface area contributed by atoms with E-state index >= 15 is 0 Å². The smallest absolute Gasteiger partial charge is 0.316 e. The van der Waals surface area contributed by atoms with Gasteiger partial charge in [0.05, 0.1) is 0 Å². The molecule has 10 heteroatoms. The predicted octanol–water partition coefficient (Wildman–Crippen LogP) is 1.65. The van der Waals surface area contributed by atoms with E-state index in [2.05, 4.69) is 29.8 Å². The Bertz CT molecular complexity index is 818. The Morgan fingerprint density at radius 3 is 2.60 bits per heavy atom. The van der Waals surface area contributed by atoms with Crippen molar-refractivity contribution < 1.29 is 47.1 Å². The first-order chi connectivity index (χ1) is 13.8. The van der Waals surface area contributed by atoms with Crippen LogP contribution in [0, 0.1) is 0 Å². The van der Waals surface area contributed by atoms with Crippen LogP contribution in [-0.2, 0) is 42.3 Å². The molecule has 4 amide bonds. The van der Waals surface area contributed by atoms with E-state index in [0.29, 0.717) is 25.3 Å².